The Bertz CT molecular complexity index is 1180. The molecule has 1 atom stereocenters. The van der Waals surface area contributed by atoms with Crippen molar-refractivity contribution >= 4 is 5.52 Å². The summed E-state index contributed by atoms with van der Waals surface area (Å²) >= 11 is 0. The van der Waals surface area contributed by atoms with Crippen LogP contribution in [0.15, 0.2) is 71.8 Å². The fourth-order valence-electron chi connectivity index (χ4n) is 3.19. The van der Waals surface area contributed by atoms with Crippen molar-refractivity contribution in [3.8, 4) is 22.8 Å². The average molecular weight is 391 g/mol. The van der Waals surface area contributed by atoms with Crippen LogP contribution in [-0.2, 0) is 6.54 Å². The van der Waals surface area contributed by atoms with Gasteiger partial charge >= 0.3 is 0 Å². The van der Waals surface area contributed by atoms with E-state index in [9.17, 15) is 9.90 Å². The SMILES string of the molecule is COc1ccc(-c2cc3c(=O)n(CC(O)c4ccc(OC)cc4)ccn3n2)cc1. The molecule has 1 N–H and O–H groups in total. The number of ether oxygens (including phenoxy) is 2. The summed E-state index contributed by atoms with van der Waals surface area (Å²) in [5, 5.41) is 15.0. The van der Waals surface area contributed by atoms with E-state index in [-0.39, 0.29) is 12.1 Å². The molecule has 7 nitrogen and oxygen atoms in total. The van der Waals surface area contributed by atoms with E-state index in [1.807, 2.05) is 24.3 Å². The maximum absolute atomic E-state index is 12.9. The molecule has 0 bridgehead atoms. The van der Waals surface area contributed by atoms with Crippen LogP contribution in [0.4, 0.5) is 0 Å². The van der Waals surface area contributed by atoms with Gasteiger partial charge in [-0.05, 0) is 48.0 Å². The minimum absolute atomic E-state index is 0.144. The number of aliphatic hydroxyl groups excluding tert-OH is 1. The molecule has 4 rings (SSSR count). The van der Waals surface area contributed by atoms with Crippen molar-refractivity contribution in [1.82, 2.24) is 14.2 Å². The molecular formula is C22H21N3O4. The second kappa shape index (κ2) is 7.81. The summed E-state index contributed by atoms with van der Waals surface area (Å²) in [6.45, 7) is 0.144. The molecule has 1 unspecified atom stereocenters. The van der Waals surface area contributed by atoms with Crippen LogP contribution in [0.25, 0.3) is 16.8 Å². The third kappa shape index (κ3) is 3.72. The maximum Gasteiger partial charge on any atom is 0.276 e. The summed E-state index contributed by atoms with van der Waals surface area (Å²) in [5.41, 5.74) is 2.52. The Hall–Kier alpha value is -3.58. The first-order valence-corrected chi connectivity index (χ1v) is 9.14. The number of fused-ring (bicyclic) bond motifs is 1. The summed E-state index contributed by atoms with van der Waals surface area (Å²) in [7, 11) is 3.20. The molecule has 0 amide bonds. The van der Waals surface area contributed by atoms with Gasteiger partial charge in [0.25, 0.3) is 5.56 Å². The molecule has 0 fully saturated rings. The summed E-state index contributed by atoms with van der Waals surface area (Å²) in [6.07, 6.45) is 2.53. The van der Waals surface area contributed by atoms with E-state index in [0.717, 1.165) is 11.3 Å². The molecule has 2 heterocycles. The molecule has 0 saturated carbocycles. The Morgan fingerprint density at radius 3 is 2.21 bits per heavy atom. The van der Waals surface area contributed by atoms with Gasteiger partial charge in [0.15, 0.2) is 0 Å². The smallest absolute Gasteiger partial charge is 0.276 e. The van der Waals surface area contributed by atoms with Crippen molar-refractivity contribution in [2.75, 3.05) is 14.2 Å². The number of rotatable bonds is 6. The van der Waals surface area contributed by atoms with E-state index < -0.39 is 6.10 Å². The Labute approximate surface area is 167 Å². The highest BCUT2D eigenvalue weighted by molar-refractivity contribution is 5.66. The zero-order chi connectivity index (χ0) is 20.4. The second-order valence-corrected chi connectivity index (χ2v) is 6.63. The summed E-state index contributed by atoms with van der Waals surface area (Å²) in [6, 6.07) is 16.4. The molecule has 0 aliphatic rings. The van der Waals surface area contributed by atoms with Crippen LogP contribution >= 0.6 is 0 Å². The van der Waals surface area contributed by atoms with Gasteiger partial charge in [-0.2, -0.15) is 5.10 Å². The summed E-state index contributed by atoms with van der Waals surface area (Å²) in [4.78, 5) is 12.9. The highest BCUT2D eigenvalue weighted by Crippen LogP contribution is 2.22. The predicted octanol–water partition coefficient (Wildman–Crippen LogP) is 2.91. The Balaban J connectivity index is 1.62. The fraction of sp³-hybridized carbons (Fsp3) is 0.182. The molecule has 29 heavy (non-hydrogen) atoms. The normalized spacial score (nSPS) is 12.1. The van der Waals surface area contributed by atoms with Gasteiger partial charge in [-0.3, -0.25) is 4.79 Å². The first-order valence-electron chi connectivity index (χ1n) is 9.14. The Kier molecular flexibility index (Phi) is 5.05. The van der Waals surface area contributed by atoms with Gasteiger partial charge in [0, 0.05) is 18.0 Å². The lowest BCUT2D eigenvalue weighted by atomic mass is 10.1. The van der Waals surface area contributed by atoms with Crippen LogP contribution in [0.3, 0.4) is 0 Å². The molecule has 4 aromatic rings. The van der Waals surface area contributed by atoms with Gasteiger partial charge in [-0.25, -0.2) is 4.52 Å². The first kappa shape index (κ1) is 18.8. The third-order valence-corrected chi connectivity index (χ3v) is 4.86. The third-order valence-electron chi connectivity index (χ3n) is 4.86. The molecule has 0 spiro atoms. The van der Waals surface area contributed by atoms with Crippen molar-refractivity contribution in [2.45, 2.75) is 12.6 Å². The zero-order valence-corrected chi connectivity index (χ0v) is 16.1. The largest absolute Gasteiger partial charge is 0.497 e. The van der Waals surface area contributed by atoms with Gasteiger partial charge in [0.1, 0.15) is 17.0 Å². The number of aromatic nitrogens is 3. The van der Waals surface area contributed by atoms with E-state index in [4.69, 9.17) is 9.47 Å². The molecule has 0 aliphatic carbocycles. The van der Waals surface area contributed by atoms with Crippen LogP contribution in [0.5, 0.6) is 11.5 Å². The lowest BCUT2D eigenvalue weighted by Gasteiger charge is -2.13. The fourth-order valence-corrected chi connectivity index (χ4v) is 3.19. The van der Waals surface area contributed by atoms with Gasteiger partial charge in [0.2, 0.25) is 0 Å². The van der Waals surface area contributed by atoms with Crippen molar-refractivity contribution < 1.29 is 14.6 Å². The molecule has 7 heteroatoms. The number of benzene rings is 2. The van der Waals surface area contributed by atoms with Gasteiger partial charge in [-0.1, -0.05) is 12.1 Å². The van der Waals surface area contributed by atoms with E-state index >= 15 is 0 Å². The number of aliphatic hydroxyl groups is 1. The van der Waals surface area contributed by atoms with Crippen LogP contribution in [-0.4, -0.2) is 33.5 Å². The van der Waals surface area contributed by atoms with Gasteiger partial charge < -0.3 is 19.1 Å². The Morgan fingerprint density at radius 2 is 1.59 bits per heavy atom. The highest BCUT2D eigenvalue weighted by Gasteiger charge is 2.13. The molecule has 2 aromatic carbocycles. The van der Waals surface area contributed by atoms with Crippen LogP contribution in [0, 0.1) is 0 Å². The van der Waals surface area contributed by atoms with Crippen molar-refractivity contribution in [3.05, 3.63) is 82.9 Å². The lowest BCUT2D eigenvalue weighted by Crippen LogP contribution is -2.24. The van der Waals surface area contributed by atoms with Crippen molar-refractivity contribution in [2.24, 2.45) is 0 Å². The maximum atomic E-state index is 12.9. The molecule has 2 aromatic heterocycles. The van der Waals surface area contributed by atoms with E-state index in [1.165, 1.54) is 4.57 Å². The Morgan fingerprint density at radius 1 is 0.966 bits per heavy atom. The molecule has 0 radical (unpaired) electrons. The molecule has 148 valence electrons. The molecule has 0 saturated heterocycles. The number of hydrogen-bond donors (Lipinski definition) is 1. The highest BCUT2D eigenvalue weighted by atomic mass is 16.5. The van der Waals surface area contributed by atoms with Crippen LogP contribution < -0.4 is 15.0 Å². The second-order valence-electron chi connectivity index (χ2n) is 6.63. The minimum Gasteiger partial charge on any atom is -0.497 e. The molecule has 0 aliphatic heterocycles. The first-order chi connectivity index (χ1) is 14.1. The average Bonchev–Trinajstić information content (AvgIpc) is 3.21. The standard InChI is InChI=1S/C22H21N3O4/c1-28-17-7-3-15(4-8-17)19-13-20-22(27)24(11-12-25(20)23-19)14-21(26)16-5-9-18(29-2)10-6-16/h3-13,21,26H,14H2,1-2H3. The van der Waals surface area contributed by atoms with Crippen molar-refractivity contribution in [1.29, 1.82) is 0 Å². The van der Waals surface area contributed by atoms with E-state index in [0.29, 0.717) is 22.5 Å². The van der Waals surface area contributed by atoms with Gasteiger partial charge in [-0.15, -0.1) is 0 Å². The number of hydrogen-bond acceptors (Lipinski definition) is 5. The van der Waals surface area contributed by atoms with E-state index in [2.05, 4.69) is 5.10 Å². The van der Waals surface area contributed by atoms with Gasteiger partial charge in [0.05, 0.1) is 32.6 Å². The van der Waals surface area contributed by atoms with Crippen LogP contribution in [0.1, 0.15) is 11.7 Å². The lowest BCUT2D eigenvalue weighted by molar-refractivity contribution is 0.155. The zero-order valence-electron chi connectivity index (χ0n) is 16.1. The number of nitrogens with zero attached hydrogens (tertiary/aromatic N) is 3. The predicted molar refractivity (Wildman–Crippen MR) is 109 cm³/mol. The van der Waals surface area contributed by atoms with E-state index in [1.54, 1.807) is 61.5 Å². The summed E-state index contributed by atoms with van der Waals surface area (Å²) < 4.78 is 13.4. The number of methoxy groups -OCH3 is 2. The van der Waals surface area contributed by atoms with Crippen LogP contribution in [0.2, 0.25) is 0 Å². The molecular weight excluding hydrogens is 370 g/mol. The topological polar surface area (TPSA) is 78.0 Å². The quantitative estimate of drug-likeness (QED) is 0.547. The summed E-state index contributed by atoms with van der Waals surface area (Å²) in [5.74, 6) is 1.47. The monoisotopic (exact) mass is 391 g/mol. The minimum atomic E-state index is -0.815. The van der Waals surface area contributed by atoms with Crippen molar-refractivity contribution in [3.63, 3.8) is 0 Å².